The van der Waals surface area contributed by atoms with Crippen molar-refractivity contribution in [3.05, 3.63) is 34.9 Å². The van der Waals surface area contributed by atoms with Crippen molar-refractivity contribution in [1.29, 1.82) is 0 Å². The second-order valence-electron chi connectivity index (χ2n) is 6.28. The Bertz CT molecular complexity index is 406. The van der Waals surface area contributed by atoms with Crippen LogP contribution in [0.5, 0.6) is 0 Å². The average molecular weight is 260 g/mol. The van der Waals surface area contributed by atoms with E-state index in [1.54, 1.807) is 0 Å². The highest BCUT2D eigenvalue weighted by Gasteiger charge is 2.17. The van der Waals surface area contributed by atoms with E-state index in [-0.39, 0.29) is 6.04 Å². The number of likely N-dealkylation sites (tertiary alicyclic amines) is 1. The molecule has 0 saturated carbocycles. The number of benzene rings is 1. The smallest absolute Gasteiger partial charge is 0.0309 e. The van der Waals surface area contributed by atoms with Crippen LogP contribution in [0.1, 0.15) is 48.9 Å². The van der Waals surface area contributed by atoms with Crippen molar-refractivity contribution in [2.75, 3.05) is 19.6 Å². The van der Waals surface area contributed by atoms with Gasteiger partial charge in [0.25, 0.3) is 0 Å². The molecule has 1 atom stereocenters. The molecule has 0 bridgehead atoms. The molecule has 0 aliphatic carbocycles. The summed E-state index contributed by atoms with van der Waals surface area (Å²) in [6.07, 6.45) is 3.76. The van der Waals surface area contributed by atoms with Gasteiger partial charge in [-0.25, -0.2) is 0 Å². The highest BCUT2D eigenvalue weighted by molar-refractivity contribution is 5.32. The number of hydrogen-bond acceptors (Lipinski definition) is 2. The van der Waals surface area contributed by atoms with E-state index in [2.05, 4.69) is 43.9 Å². The molecule has 1 aliphatic heterocycles. The lowest BCUT2D eigenvalue weighted by Crippen LogP contribution is -2.34. The Kier molecular flexibility index (Phi) is 5.00. The summed E-state index contributed by atoms with van der Waals surface area (Å²) in [5.41, 5.74) is 10.3. The summed E-state index contributed by atoms with van der Waals surface area (Å²) < 4.78 is 0. The molecule has 1 fully saturated rings. The molecule has 2 nitrogen and oxygen atoms in total. The molecule has 2 heteroatoms. The van der Waals surface area contributed by atoms with Gasteiger partial charge in [0.05, 0.1) is 0 Å². The summed E-state index contributed by atoms with van der Waals surface area (Å²) in [6, 6.07) is 6.79. The maximum absolute atomic E-state index is 6.36. The van der Waals surface area contributed by atoms with E-state index in [0.717, 1.165) is 18.9 Å². The minimum Gasteiger partial charge on any atom is -0.324 e. The summed E-state index contributed by atoms with van der Waals surface area (Å²) in [7, 11) is 0. The summed E-state index contributed by atoms with van der Waals surface area (Å²) >= 11 is 0. The summed E-state index contributed by atoms with van der Waals surface area (Å²) in [6.45, 7) is 10.3. The van der Waals surface area contributed by atoms with Gasteiger partial charge in [0.15, 0.2) is 0 Å². The third kappa shape index (κ3) is 4.05. The molecule has 1 aromatic rings. The van der Waals surface area contributed by atoms with Crippen molar-refractivity contribution in [2.24, 2.45) is 11.7 Å². The van der Waals surface area contributed by atoms with Crippen molar-refractivity contribution < 1.29 is 0 Å². The van der Waals surface area contributed by atoms with Gasteiger partial charge >= 0.3 is 0 Å². The largest absolute Gasteiger partial charge is 0.324 e. The van der Waals surface area contributed by atoms with E-state index in [1.165, 1.54) is 42.6 Å². The van der Waals surface area contributed by atoms with Gasteiger partial charge in [0, 0.05) is 6.04 Å². The van der Waals surface area contributed by atoms with Crippen LogP contribution in [0.3, 0.4) is 0 Å². The molecule has 1 unspecified atom stereocenters. The Morgan fingerprint density at radius 1 is 1.26 bits per heavy atom. The van der Waals surface area contributed by atoms with Gasteiger partial charge in [-0.2, -0.15) is 0 Å². The molecule has 1 heterocycles. The minimum atomic E-state index is 0.181. The van der Waals surface area contributed by atoms with Gasteiger partial charge in [0.2, 0.25) is 0 Å². The van der Waals surface area contributed by atoms with Crippen LogP contribution in [0.25, 0.3) is 0 Å². The van der Waals surface area contributed by atoms with Crippen LogP contribution in [0.2, 0.25) is 0 Å². The van der Waals surface area contributed by atoms with Crippen molar-refractivity contribution in [1.82, 2.24) is 4.90 Å². The third-order valence-electron chi connectivity index (χ3n) is 4.46. The Balaban J connectivity index is 1.85. The van der Waals surface area contributed by atoms with Crippen LogP contribution in [0, 0.1) is 19.8 Å². The summed E-state index contributed by atoms with van der Waals surface area (Å²) in [5, 5.41) is 0. The first-order chi connectivity index (χ1) is 9.06. The van der Waals surface area contributed by atoms with Crippen LogP contribution in [0.4, 0.5) is 0 Å². The van der Waals surface area contributed by atoms with E-state index in [4.69, 9.17) is 5.73 Å². The molecule has 19 heavy (non-hydrogen) atoms. The molecule has 0 radical (unpaired) electrons. The number of aryl methyl sites for hydroxylation is 2. The second kappa shape index (κ2) is 6.53. The van der Waals surface area contributed by atoms with Crippen molar-refractivity contribution in [2.45, 2.75) is 46.1 Å². The molecular weight excluding hydrogens is 232 g/mol. The Hall–Kier alpha value is -0.860. The lowest BCUT2D eigenvalue weighted by Gasteiger charge is -2.31. The van der Waals surface area contributed by atoms with Crippen LogP contribution in [-0.2, 0) is 0 Å². The zero-order valence-corrected chi connectivity index (χ0v) is 12.7. The zero-order valence-electron chi connectivity index (χ0n) is 12.7. The molecule has 0 spiro atoms. The molecule has 1 aliphatic rings. The molecule has 1 saturated heterocycles. The quantitative estimate of drug-likeness (QED) is 0.898. The molecule has 2 N–H and O–H groups in total. The Morgan fingerprint density at radius 3 is 2.58 bits per heavy atom. The minimum absolute atomic E-state index is 0.181. The highest BCUT2D eigenvalue weighted by Crippen LogP contribution is 2.21. The fraction of sp³-hybridized carbons (Fsp3) is 0.647. The third-order valence-corrected chi connectivity index (χ3v) is 4.46. The van der Waals surface area contributed by atoms with E-state index in [0.29, 0.717) is 0 Å². The Labute approximate surface area is 118 Å². The van der Waals surface area contributed by atoms with E-state index in [1.807, 2.05) is 0 Å². The predicted octanol–water partition coefficient (Wildman–Crippen LogP) is 3.43. The number of nitrogens with zero attached hydrogens (tertiary/aromatic N) is 1. The lowest BCUT2D eigenvalue weighted by molar-refractivity contribution is 0.187. The first-order valence-corrected chi connectivity index (χ1v) is 7.61. The lowest BCUT2D eigenvalue weighted by atomic mass is 9.96. The van der Waals surface area contributed by atoms with E-state index < -0.39 is 0 Å². The molecular formula is C17H28N2. The van der Waals surface area contributed by atoms with Gasteiger partial charge in [-0.15, -0.1) is 0 Å². The average Bonchev–Trinajstić information content (AvgIpc) is 2.37. The Morgan fingerprint density at radius 2 is 1.95 bits per heavy atom. The van der Waals surface area contributed by atoms with Crippen LogP contribution in [0.15, 0.2) is 18.2 Å². The first-order valence-electron chi connectivity index (χ1n) is 7.61. The second-order valence-corrected chi connectivity index (χ2v) is 6.28. The molecule has 0 aromatic heterocycles. The number of piperidine rings is 1. The first kappa shape index (κ1) is 14.5. The van der Waals surface area contributed by atoms with Gasteiger partial charge < -0.3 is 10.6 Å². The van der Waals surface area contributed by atoms with Crippen LogP contribution >= 0.6 is 0 Å². The van der Waals surface area contributed by atoms with Gasteiger partial charge in [-0.05, 0) is 69.8 Å². The molecule has 1 aromatic carbocycles. The van der Waals surface area contributed by atoms with E-state index >= 15 is 0 Å². The number of nitrogens with two attached hydrogens (primary N) is 1. The normalized spacial score (nSPS) is 19.6. The zero-order chi connectivity index (χ0) is 13.8. The van der Waals surface area contributed by atoms with Crippen molar-refractivity contribution >= 4 is 0 Å². The maximum atomic E-state index is 6.36. The van der Waals surface area contributed by atoms with E-state index in [9.17, 15) is 0 Å². The monoisotopic (exact) mass is 260 g/mol. The molecule has 0 amide bonds. The maximum Gasteiger partial charge on any atom is 0.0309 e. The fourth-order valence-electron chi connectivity index (χ4n) is 3.00. The SMILES string of the molecule is Cc1ccc(C(N)CCN2CCC(C)CC2)c(C)c1. The highest BCUT2D eigenvalue weighted by atomic mass is 15.1. The van der Waals surface area contributed by atoms with Crippen LogP contribution in [-0.4, -0.2) is 24.5 Å². The fourth-order valence-corrected chi connectivity index (χ4v) is 3.00. The van der Waals surface area contributed by atoms with Gasteiger partial charge in [-0.3, -0.25) is 0 Å². The van der Waals surface area contributed by atoms with Crippen molar-refractivity contribution in [3.63, 3.8) is 0 Å². The summed E-state index contributed by atoms with van der Waals surface area (Å²) in [4.78, 5) is 2.57. The summed E-state index contributed by atoms with van der Waals surface area (Å²) in [5.74, 6) is 0.907. The predicted molar refractivity (Wildman–Crippen MR) is 82.3 cm³/mol. The van der Waals surface area contributed by atoms with Gasteiger partial charge in [0.1, 0.15) is 0 Å². The number of rotatable bonds is 4. The van der Waals surface area contributed by atoms with Gasteiger partial charge in [-0.1, -0.05) is 30.7 Å². The topological polar surface area (TPSA) is 29.3 Å². The standard InChI is InChI=1S/C17H28N2/c1-13-6-9-19(10-7-13)11-8-17(18)16-5-4-14(2)12-15(16)3/h4-5,12-13,17H,6-11,18H2,1-3H3. The molecule has 106 valence electrons. The van der Waals surface area contributed by atoms with Crippen molar-refractivity contribution in [3.8, 4) is 0 Å². The molecule has 2 rings (SSSR count). The van der Waals surface area contributed by atoms with Crippen LogP contribution < -0.4 is 5.73 Å². The number of hydrogen-bond donors (Lipinski definition) is 1.